The summed E-state index contributed by atoms with van der Waals surface area (Å²) in [6, 6.07) is 4.65. The van der Waals surface area contributed by atoms with Crippen LogP contribution in [0.15, 0.2) is 18.2 Å². The van der Waals surface area contributed by atoms with Crippen LogP contribution < -0.4 is 14.8 Å². The molecule has 2 rings (SSSR count). The van der Waals surface area contributed by atoms with Crippen molar-refractivity contribution in [2.75, 3.05) is 20.8 Å². The number of hydrogen-bond acceptors (Lipinski definition) is 4. The van der Waals surface area contributed by atoms with Crippen molar-refractivity contribution >= 4 is 11.8 Å². The summed E-state index contributed by atoms with van der Waals surface area (Å²) in [5.41, 5.74) is 0.297. The van der Waals surface area contributed by atoms with E-state index in [4.69, 9.17) is 9.47 Å². The molecule has 0 bridgehead atoms. The van der Waals surface area contributed by atoms with Gasteiger partial charge in [-0.2, -0.15) is 0 Å². The van der Waals surface area contributed by atoms with Crippen LogP contribution in [-0.4, -0.2) is 43.0 Å². The lowest BCUT2D eigenvalue weighted by atomic mass is 10.0. The van der Waals surface area contributed by atoms with E-state index in [9.17, 15) is 9.59 Å². The number of methoxy groups -OCH3 is 2. The van der Waals surface area contributed by atoms with Gasteiger partial charge >= 0.3 is 0 Å². The molecule has 0 saturated carbocycles. The molecule has 1 heterocycles. The quantitative estimate of drug-likeness (QED) is 0.874. The standard InChI is InChI=1S/C20H30N2O4/c1-20(2,3)21-19(24)18(22-10-8-6-7-9-17(22)23)14-11-15(25-4)13-16(12-14)26-5/h11-13,18H,6-10H2,1-5H3,(H,21,24). The van der Waals surface area contributed by atoms with Crippen molar-refractivity contribution in [2.45, 2.75) is 58.0 Å². The Morgan fingerprint density at radius 2 is 1.69 bits per heavy atom. The molecule has 0 radical (unpaired) electrons. The van der Waals surface area contributed by atoms with E-state index < -0.39 is 11.6 Å². The number of nitrogens with one attached hydrogen (secondary N) is 1. The fraction of sp³-hybridized carbons (Fsp3) is 0.600. The summed E-state index contributed by atoms with van der Waals surface area (Å²) in [7, 11) is 3.14. The molecular formula is C20H30N2O4. The number of carbonyl (C=O) groups excluding carboxylic acids is 2. The van der Waals surface area contributed by atoms with Crippen molar-refractivity contribution in [3.8, 4) is 11.5 Å². The van der Waals surface area contributed by atoms with Gasteiger partial charge in [0.25, 0.3) is 0 Å². The summed E-state index contributed by atoms with van der Waals surface area (Å²) in [6.07, 6.45) is 3.23. The Hall–Kier alpha value is -2.24. The molecule has 26 heavy (non-hydrogen) atoms. The van der Waals surface area contributed by atoms with Crippen LogP contribution in [0.5, 0.6) is 11.5 Å². The van der Waals surface area contributed by atoms with Gasteiger partial charge in [-0.1, -0.05) is 6.42 Å². The molecule has 2 amide bonds. The molecule has 0 spiro atoms. The van der Waals surface area contributed by atoms with E-state index in [1.807, 2.05) is 20.8 Å². The van der Waals surface area contributed by atoms with Crippen LogP contribution in [0.2, 0.25) is 0 Å². The van der Waals surface area contributed by atoms with Crippen LogP contribution in [0, 0.1) is 0 Å². The van der Waals surface area contributed by atoms with Crippen molar-refractivity contribution in [1.82, 2.24) is 10.2 Å². The summed E-state index contributed by atoms with van der Waals surface area (Å²) in [5, 5.41) is 3.02. The lowest BCUT2D eigenvalue weighted by Crippen LogP contribution is -2.49. The predicted octanol–water partition coefficient (Wildman–Crippen LogP) is 3.06. The van der Waals surface area contributed by atoms with E-state index in [2.05, 4.69) is 5.32 Å². The largest absolute Gasteiger partial charge is 0.497 e. The van der Waals surface area contributed by atoms with E-state index in [1.165, 1.54) is 0 Å². The first-order valence-electron chi connectivity index (χ1n) is 9.09. The van der Waals surface area contributed by atoms with Crippen molar-refractivity contribution < 1.29 is 19.1 Å². The van der Waals surface area contributed by atoms with E-state index in [0.717, 1.165) is 19.3 Å². The molecule has 1 atom stereocenters. The summed E-state index contributed by atoms with van der Waals surface area (Å²) < 4.78 is 10.7. The number of ether oxygens (including phenoxy) is 2. The van der Waals surface area contributed by atoms with E-state index >= 15 is 0 Å². The zero-order valence-electron chi connectivity index (χ0n) is 16.4. The third-order valence-corrected chi connectivity index (χ3v) is 4.36. The molecule has 1 saturated heterocycles. The molecule has 1 aromatic carbocycles. The maximum atomic E-state index is 13.1. The zero-order valence-corrected chi connectivity index (χ0v) is 16.4. The molecule has 1 aromatic rings. The van der Waals surface area contributed by atoms with Crippen molar-refractivity contribution in [1.29, 1.82) is 0 Å². The van der Waals surface area contributed by atoms with Crippen molar-refractivity contribution in [2.24, 2.45) is 0 Å². The first-order chi connectivity index (χ1) is 12.2. The Bertz CT molecular complexity index is 629. The minimum absolute atomic E-state index is 0.0124. The molecule has 1 fully saturated rings. The van der Waals surface area contributed by atoms with Gasteiger partial charge in [-0.25, -0.2) is 0 Å². The number of likely N-dealkylation sites (tertiary alicyclic amines) is 1. The lowest BCUT2D eigenvalue weighted by molar-refractivity contribution is -0.141. The highest BCUT2D eigenvalue weighted by Crippen LogP contribution is 2.32. The van der Waals surface area contributed by atoms with Crippen LogP contribution in [0.4, 0.5) is 0 Å². The van der Waals surface area contributed by atoms with Gasteiger partial charge in [-0.3, -0.25) is 9.59 Å². The molecule has 1 unspecified atom stereocenters. The van der Waals surface area contributed by atoms with Crippen LogP contribution in [0.1, 0.15) is 58.1 Å². The average molecular weight is 362 g/mol. The normalized spacial score (nSPS) is 16.7. The van der Waals surface area contributed by atoms with Gasteiger partial charge in [0.15, 0.2) is 0 Å². The molecule has 6 heteroatoms. The third-order valence-electron chi connectivity index (χ3n) is 4.36. The lowest BCUT2D eigenvalue weighted by Gasteiger charge is -2.33. The van der Waals surface area contributed by atoms with Gasteiger partial charge in [-0.05, 0) is 51.3 Å². The van der Waals surface area contributed by atoms with Gasteiger partial charge in [0.1, 0.15) is 17.5 Å². The minimum Gasteiger partial charge on any atom is -0.497 e. The molecular weight excluding hydrogens is 332 g/mol. The highest BCUT2D eigenvalue weighted by atomic mass is 16.5. The van der Waals surface area contributed by atoms with Crippen molar-refractivity contribution in [3.63, 3.8) is 0 Å². The minimum atomic E-state index is -0.705. The van der Waals surface area contributed by atoms with E-state index in [0.29, 0.717) is 30.0 Å². The van der Waals surface area contributed by atoms with Gasteiger partial charge in [0, 0.05) is 24.6 Å². The fourth-order valence-corrected chi connectivity index (χ4v) is 3.17. The number of amides is 2. The second-order valence-corrected chi connectivity index (χ2v) is 7.69. The SMILES string of the molecule is COc1cc(OC)cc(C(C(=O)NC(C)(C)C)N2CCCCCC2=O)c1. The molecule has 1 aliphatic rings. The Morgan fingerprint density at radius 1 is 1.08 bits per heavy atom. The predicted molar refractivity (Wildman–Crippen MR) is 100 cm³/mol. The molecule has 144 valence electrons. The molecule has 0 aliphatic carbocycles. The van der Waals surface area contributed by atoms with E-state index in [-0.39, 0.29) is 11.8 Å². The van der Waals surface area contributed by atoms with Gasteiger partial charge in [-0.15, -0.1) is 0 Å². The van der Waals surface area contributed by atoms with Crippen LogP contribution in [0.3, 0.4) is 0 Å². The van der Waals surface area contributed by atoms with Crippen LogP contribution >= 0.6 is 0 Å². The van der Waals surface area contributed by atoms with E-state index in [1.54, 1.807) is 37.3 Å². The zero-order chi connectivity index (χ0) is 19.3. The van der Waals surface area contributed by atoms with Crippen LogP contribution in [0.25, 0.3) is 0 Å². The fourth-order valence-electron chi connectivity index (χ4n) is 3.17. The number of rotatable bonds is 5. The van der Waals surface area contributed by atoms with Gasteiger partial charge in [0.2, 0.25) is 11.8 Å². The Balaban J connectivity index is 2.49. The molecule has 1 aliphatic heterocycles. The molecule has 0 aromatic heterocycles. The summed E-state index contributed by atoms with van der Waals surface area (Å²) >= 11 is 0. The highest BCUT2D eigenvalue weighted by Gasteiger charge is 2.34. The Morgan fingerprint density at radius 3 is 2.23 bits per heavy atom. The second-order valence-electron chi connectivity index (χ2n) is 7.69. The topological polar surface area (TPSA) is 67.9 Å². The van der Waals surface area contributed by atoms with Gasteiger partial charge in [0.05, 0.1) is 14.2 Å². The smallest absolute Gasteiger partial charge is 0.247 e. The monoisotopic (exact) mass is 362 g/mol. The second kappa shape index (κ2) is 8.43. The summed E-state index contributed by atoms with van der Waals surface area (Å²) in [6.45, 7) is 6.36. The first kappa shape index (κ1) is 20.1. The third kappa shape index (κ3) is 5.13. The Kier molecular flexibility index (Phi) is 6.51. The van der Waals surface area contributed by atoms with Crippen molar-refractivity contribution in [3.05, 3.63) is 23.8 Å². The average Bonchev–Trinajstić information content (AvgIpc) is 2.78. The number of benzene rings is 1. The van der Waals surface area contributed by atoms with Gasteiger partial charge < -0.3 is 19.7 Å². The maximum absolute atomic E-state index is 13.1. The summed E-state index contributed by atoms with van der Waals surface area (Å²) in [4.78, 5) is 27.5. The van der Waals surface area contributed by atoms with Crippen LogP contribution in [-0.2, 0) is 9.59 Å². The number of hydrogen-bond donors (Lipinski definition) is 1. The first-order valence-corrected chi connectivity index (χ1v) is 9.09. The summed E-state index contributed by atoms with van der Waals surface area (Å²) in [5.74, 6) is 1.01. The number of carbonyl (C=O) groups is 2. The maximum Gasteiger partial charge on any atom is 0.247 e. The molecule has 1 N–H and O–H groups in total. The number of nitrogens with zero attached hydrogens (tertiary/aromatic N) is 1. The molecule has 6 nitrogen and oxygen atoms in total. The highest BCUT2D eigenvalue weighted by molar-refractivity contribution is 5.89. The Labute approximate surface area is 155 Å².